The number of halogens is 1. The number of nitrogens with zero attached hydrogens (tertiary/aromatic N) is 1. The molecule has 2 nitrogen and oxygen atoms in total. The average molecular weight is 313 g/mol. The second-order valence-electron chi connectivity index (χ2n) is 6.34. The van der Waals surface area contributed by atoms with Crippen molar-refractivity contribution >= 4 is 17.3 Å². The second kappa shape index (κ2) is 5.60. The van der Waals surface area contributed by atoms with Crippen molar-refractivity contribution in [3.63, 3.8) is 0 Å². The third kappa shape index (κ3) is 2.22. The number of anilines is 1. The van der Waals surface area contributed by atoms with Gasteiger partial charge in [0.2, 0.25) is 0 Å². The van der Waals surface area contributed by atoms with Crippen LogP contribution >= 0.6 is 11.6 Å². The summed E-state index contributed by atoms with van der Waals surface area (Å²) in [6.07, 6.45) is 2.38. The van der Waals surface area contributed by atoms with E-state index in [0.29, 0.717) is 6.04 Å². The Bertz CT molecular complexity index is 711. The summed E-state index contributed by atoms with van der Waals surface area (Å²) in [5, 5.41) is 4.40. The number of hydrogen-bond donors (Lipinski definition) is 1. The largest absolute Gasteiger partial charge is 0.366 e. The maximum atomic E-state index is 6.61. The molecule has 2 aliphatic rings. The van der Waals surface area contributed by atoms with Gasteiger partial charge in [-0.1, -0.05) is 48.0 Å². The van der Waals surface area contributed by atoms with E-state index in [0.717, 1.165) is 42.2 Å². The summed E-state index contributed by atoms with van der Waals surface area (Å²) < 4.78 is 0. The molecule has 1 fully saturated rings. The van der Waals surface area contributed by atoms with Crippen molar-refractivity contribution in [2.45, 2.75) is 25.8 Å². The topological polar surface area (TPSA) is 15.3 Å². The summed E-state index contributed by atoms with van der Waals surface area (Å²) >= 11 is 6.61. The molecule has 1 saturated heterocycles. The molecule has 22 heavy (non-hydrogen) atoms. The van der Waals surface area contributed by atoms with Crippen LogP contribution in [0, 0.1) is 6.92 Å². The van der Waals surface area contributed by atoms with Crippen LogP contribution in [0.1, 0.15) is 17.5 Å². The Morgan fingerprint density at radius 3 is 2.82 bits per heavy atom. The fourth-order valence-corrected chi connectivity index (χ4v) is 4.09. The maximum Gasteiger partial charge on any atom is 0.0514 e. The lowest BCUT2D eigenvalue weighted by molar-refractivity contribution is 0.612. The van der Waals surface area contributed by atoms with Gasteiger partial charge in [0, 0.05) is 35.9 Å². The summed E-state index contributed by atoms with van der Waals surface area (Å²) in [5.41, 5.74) is 6.47. The minimum absolute atomic E-state index is 0.634. The van der Waals surface area contributed by atoms with Crippen molar-refractivity contribution in [3.05, 3.63) is 52.5 Å². The highest BCUT2D eigenvalue weighted by molar-refractivity contribution is 6.34. The molecule has 1 unspecified atom stereocenters. The monoisotopic (exact) mass is 312 g/mol. The van der Waals surface area contributed by atoms with Gasteiger partial charge in [-0.2, -0.15) is 0 Å². The van der Waals surface area contributed by atoms with Gasteiger partial charge in [0.15, 0.2) is 0 Å². The predicted molar refractivity (Wildman–Crippen MR) is 93.9 cm³/mol. The molecule has 4 rings (SSSR count). The minimum Gasteiger partial charge on any atom is -0.366 e. The summed E-state index contributed by atoms with van der Waals surface area (Å²) in [5.74, 6) is 0. The van der Waals surface area contributed by atoms with E-state index in [1.165, 1.54) is 23.2 Å². The van der Waals surface area contributed by atoms with Gasteiger partial charge >= 0.3 is 0 Å². The minimum atomic E-state index is 0.634. The molecule has 114 valence electrons. The Labute approximate surface area is 137 Å². The van der Waals surface area contributed by atoms with Gasteiger partial charge in [-0.3, -0.25) is 0 Å². The molecule has 0 spiro atoms. The standard InChI is InChI=1S/C19H21ClN2/c1-13-4-2-6-16(18(13)20)17-7-3-5-14-12-15-8-9-21-10-11-22(15)19(14)17/h2-7,15,21H,8-12H2,1H3. The maximum absolute atomic E-state index is 6.61. The first-order valence-corrected chi connectivity index (χ1v) is 8.48. The Hall–Kier alpha value is -1.51. The van der Waals surface area contributed by atoms with Gasteiger partial charge in [0.05, 0.1) is 5.02 Å². The van der Waals surface area contributed by atoms with E-state index in [2.05, 4.69) is 53.5 Å². The molecule has 2 aromatic rings. The Morgan fingerprint density at radius 2 is 1.91 bits per heavy atom. The van der Waals surface area contributed by atoms with E-state index in [1.54, 1.807) is 0 Å². The lowest BCUT2D eigenvalue weighted by Crippen LogP contribution is -2.33. The van der Waals surface area contributed by atoms with Crippen molar-refractivity contribution in [2.75, 3.05) is 24.5 Å². The Morgan fingerprint density at radius 1 is 1.09 bits per heavy atom. The molecule has 0 radical (unpaired) electrons. The summed E-state index contributed by atoms with van der Waals surface area (Å²) in [6.45, 7) is 5.34. The first-order valence-electron chi connectivity index (χ1n) is 8.10. The van der Waals surface area contributed by atoms with Crippen LogP contribution in [0.25, 0.3) is 11.1 Å². The normalized spacial score (nSPS) is 20.5. The third-order valence-corrected chi connectivity index (χ3v) is 5.47. The van der Waals surface area contributed by atoms with Crippen LogP contribution in [-0.4, -0.2) is 25.7 Å². The number of hydrogen-bond acceptors (Lipinski definition) is 2. The molecule has 0 aliphatic carbocycles. The van der Waals surface area contributed by atoms with Gasteiger partial charge in [-0.15, -0.1) is 0 Å². The van der Waals surface area contributed by atoms with Gasteiger partial charge in [-0.25, -0.2) is 0 Å². The van der Waals surface area contributed by atoms with E-state index in [4.69, 9.17) is 11.6 Å². The van der Waals surface area contributed by atoms with E-state index < -0.39 is 0 Å². The van der Waals surface area contributed by atoms with Crippen molar-refractivity contribution in [3.8, 4) is 11.1 Å². The van der Waals surface area contributed by atoms with E-state index in [1.807, 2.05) is 0 Å². The van der Waals surface area contributed by atoms with Crippen molar-refractivity contribution < 1.29 is 0 Å². The van der Waals surface area contributed by atoms with Crippen LogP contribution in [0.5, 0.6) is 0 Å². The van der Waals surface area contributed by atoms with Crippen molar-refractivity contribution in [1.29, 1.82) is 0 Å². The molecule has 0 saturated carbocycles. The molecule has 2 aromatic carbocycles. The molecule has 1 N–H and O–H groups in total. The molecule has 0 bridgehead atoms. The lowest BCUT2D eigenvalue weighted by Gasteiger charge is -2.27. The number of para-hydroxylation sites is 1. The van der Waals surface area contributed by atoms with Crippen LogP contribution in [0.4, 0.5) is 5.69 Å². The lowest BCUT2D eigenvalue weighted by atomic mass is 9.98. The van der Waals surface area contributed by atoms with Crippen LogP contribution in [-0.2, 0) is 6.42 Å². The number of fused-ring (bicyclic) bond motifs is 3. The van der Waals surface area contributed by atoms with E-state index in [9.17, 15) is 0 Å². The third-order valence-electron chi connectivity index (χ3n) is 4.97. The molecule has 0 amide bonds. The molecule has 2 heterocycles. The van der Waals surface area contributed by atoms with Crippen LogP contribution < -0.4 is 10.2 Å². The van der Waals surface area contributed by atoms with E-state index in [-0.39, 0.29) is 0 Å². The van der Waals surface area contributed by atoms with Gasteiger partial charge in [-0.05, 0) is 37.4 Å². The zero-order chi connectivity index (χ0) is 15.1. The number of aryl methyl sites for hydroxylation is 1. The first kappa shape index (κ1) is 14.1. The molecule has 0 aromatic heterocycles. The van der Waals surface area contributed by atoms with Gasteiger partial charge < -0.3 is 10.2 Å². The fraction of sp³-hybridized carbons (Fsp3) is 0.368. The molecule has 2 aliphatic heterocycles. The van der Waals surface area contributed by atoms with Crippen LogP contribution in [0.3, 0.4) is 0 Å². The Balaban J connectivity index is 1.87. The Kier molecular flexibility index (Phi) is 3.59. The number of benzene rings is 2. The molecule has 3 heteroatoms. The van der Waals surface area contributed by atoms with Crippen molar-refractivity contribution in [2.24, 2.45) is 0 Å². The van der Waals surface area contributed by atoms with Gasteiger partial charge in [0.25, 0.3) is 0 Å². The quantitative estimate of drug-likeness (QED) is 0.855. The first-order chi connectivity index (χ1) is 10.8. The fourth-order valence-electron chi connectivity index (χ4n) is 3.86. The molecular weight excluding hydrogens is 292 g/mol. The van der Waals surface area contributed by atoms with Crippen LogP contribution in [0.15, 0.2) is 36.4 Å². The van der Waals surface area contributed by atoms with Crippen molar-refractivity contribution in [1.82, 2.24) is 5.32 Å². The number of nitrogens with one attached hydrogen (secondary N) is 1. The SMILES string of the molecule is Cc1cccc(-c2cccc3c2N2CCNCCC2C3)c1Cl. The highest BCUT2D eigenvalue weighted by atomic mass is 35.5. The van der Waals surface area contributed by atoms with Gasteiger partial charge in [0.1, 0.15) is 0 Å². The smallest absolute Gasteiger partial charge is 0.0514 e. The van der Waals surface area contributed by atoms with Crippen LogP contribution in [0.2, 0.25) is 5.02 Å². The predicted octanol–water partition coefficient (Wildman–Crippen LogP) is 4.04. The zero-order valence-electron chi connectivity index (χ0n) is 12.9. The number of rotatable bonds is 1. The summed E-state index contributed by atoms with van der Waals surface area (Å²) in [7, 11) is 0. The second-order valence-corrected chi connectivity index (χ2v) is 6.72. The summed E-state index contributed by atoms with van der Waals surface area (Å²) in [4.78, 5) is 2.60. The molecular formula is C19H21ClN2. The zero-order valence-corrected chi connectivity index (χ0v) is 13.7. The molecule has 1 atom stereocenters. The van der Waals surface area contributed by atoms with E-state index >= 15 is 0 Å². The highest BCUT2D eigenvalue weighted by Gasteiger charge is 2.32. The summed E-state index contributed by atoms with van der Waals surface area (Å²) in [6, 6.07) is 13.6. The highest BCUT2D eigenvalue weighted by Crippen LogP contribution is 2.43. The average Bonchev–Trinajstić information content (AvgIpc) is 2.72.